The molecule has 0 saturated heterocycles. The Bertz CT molecular complexity index is 748. The summed E-state index contributed by atoms with van der Waals surface area (Å²) >= 11 is 0. The van der Waals surface area contributed by atoms with E-state index in [1.165, 1.54) is 12.3 Å². The SMILES string of the molecule is Cc1ncc(F)cccc(C#Cc2ccc(N(C)C)cc2)[nH]1. The van der Waals surface area contributed by atoms with Gasteiger partial charge in [-0.2, -0.15) is 0 Å². The van der Waals surface area contributed by atoms with Crippen molar-refractivity contribution in [2.24, 2.45) is 0 Å². The summed E-state index contributed by atoms with van der Waals surface area (Å²) in [6.07, 6.45) is 1.17. The molecule has 0 spiro atoms. The van der Waals surface area contributed by atoms with E-state index >= 15 is 0 Å². The van der Waals surface area contributed by atoms with Crippen LogP contribution in [0.2, 0.25) is 0 Å². The molecule has 0 amide bonds. The van der Waals surface area contributed by atoms with E-state index in [9.17, 15) is 4.39 Å². The summed E-state index contributed by atoms with van der Waals surface area (Å²) in [5.74, 6) is 6.31. The number of rotatable bonds is 1. The highest BCUT2D eigenvalue weighted by atomic mass is 19.1. The van der Waals surface area contributed by atoms with Gasteiger partial charge in [-0.05, 0) is 49.2 Å². The van der Waals surface area contributed by atoms with Crippen molar-refractivity contribution in [1.82, 2.24) is 9.97 Å². The Balaban J connectivity index is 2.33. The van der Waals surface area contributed by atoms with Gasteiger partial charge in [0.1, 0.15) is 11.6 Å². The van der Waals surface area contributed by atoms with Gasteiger partial charge in [0.05, 0.1) is 11.9 Å². The minimum Gasteiger partial charge on any atom is -0.378 e. The summed E-state index contributed by atoms with van der Waals surface area (Å²) < 4.78 is 13.2. The fourth-order valence-corrected chi connectivity index (χ4v) is 1.76. The van der Waals surface area contributed by atoms with E-state index in [0.717, 1.165) is 11.3 Å². The molecule has 112 valence electrons. The summed E-state index contributed by atoms with van der Waals surface area (Å²) in [6, 6.07) is 12.6. The smallest absolute Gasteiger partial charge is 0.141 e. The number of benzene rings is 1. The van der Waals surface area contributed by atoms with Crippen molar-refractivity contribution in [1.29, 1.82) is 0 Å². The molecule has 0 aliphatic rings. The Morgan fingerprint density at radius 2 is 1.77 bits per heavy atom. The molecule has 0 atom stereocenters. The normalized spacial score (nSPS) is 9.45. The number of hydrogen-bond donors (Lipinski definition) is 1. The second kappa shape index (κ2) is 7.28. The van der Waals surface area contributed by atoms with Crippen molar-refractivity contribution in [2.45, 2.75) is 6.92 Å². The maximum atomic E-state index is 13.2. The zero-order chi connectivity index (χ0) is 15.9. The summed E-state index contributed by atoms with van der Waals surface area (Å²) in [4.78, 5) is 9.04. The van der Waals surface area contributed by atoms with E-state index in [4.69, 9.17) is 0 Å². The number of aromatic nitrogens is 2. The number of aryl methyl sites for hydroxylation is 1. The Morgan fingerprint density at radius 1 is 1.05 bits per heavy atom. The third kappa shape index (κ3) is 4.64. The number of nitrogens with zero attached hydrogens (tertiary/aromatic N) is 2. The van der Waals surface area contributed by atoms with Crippen LogP contribution in [0.4, 0.5) is 10.1 Å². The van der Waals surface area contributed by atoms with Crippen molar-refractivity contribution in [3.8, 4) is 11.8 Å². The minimum atomic E-state index is -0.397. The van der Waals surface area contributed by atoms with Crippen LogP contribution < -0.4 is 4.90 Å². The monoisotopic (exact) mass is 295 g/mol. The van der Waals surface area contributed by atoms with Gasteiger partial charge in [-0.15, -0.1) is 0 Å². The molecule has 0 unspecified atom stereocenters. The molecule has 2 rings (SSSR count). The molecule has 1 aromatic heterocycles. The van der Waals surface area contributed by atoms with Crippen LogP contribution in [0.15, 0.2) is 48.7 Å². The molecule has 0 saturated carbocycles. The lowest BCUT2D eigenvalue weighted by molar-refractivity contribution is 0.623. The molecule has 0 radical (unpaired) electrons. The van der Waals surface area contributed by atoms with Gasteiger partial charge in [-0.1, -0.05) is 12.0 Å². The van der Waals surface area contributed by atoms with E-state index in [1.807, 2.05) is 43.3 Å². The summed E-state index contributed by atoms with van der Waals surface area (Å²) in [5, 5.41) is 0. The number of nitrogens with one attached hydrogen (secondary N) is 1. The Hall–Kier alpha value is -2.80. The summed E-state index contributed by atoms with van der Waals surface area (Å²) in [6.45, 7) is 1.76. The quantitative estimate of drug-likeness (QED) is 0.817. The molecule has 0 fully saturated rings. The summed E-state index contributed by atoms with van der Waals surface area (Å²) in [5.41, 5.74) is 2.70. The maximum absolute atomic E-state index is 13.2. The maximum Gasteiger partial charge on any atom is 0.141 e. The largest absolute Gasteiger partial charge is 0.378 e. The van der Waals surface area contributed by atoms with Gasteiger partial charge in [-0.25, -0.2) is 9.37 Å². The molecule has 1 N–H and O–H groups in total. The molecule has 2 aromatic rings. The first kappa shape index (κ1) is 15.6. The average molecular weight is 295 g/mol. The van der Waals surface area contributed by atoms with Crippen LogP contribution in [0.3, 0.4) is 0 Å². The Morgan fingerprint density at radius 3 is 2.45 bits per heavy atom. The standard InChI is InChI=1S/C18H18FN3/c1-14-20-13-16(19)5-4-6-17(21-14)10-7-15-8-11-18(12-9-15)22(2)3/h4-6,8-9,11-13H,1-3H3,(H,20,21). The molecule has 0 aliphatic heterocycles. The minimum absolute atomic E-state index is 0.397. The zero-order valence-electron chi connectivity index (χ0n) is 12.9. The molecule has 3 nitrogen and oxygen atoms in total. The zero-order valence-corrected chi connectivity index (χ0v) is 12.9. The number of halogens is 1. The fraction of sp³-hybridized carbons (Fsp3) is 0.167. The first-order valence-corrected chi connectivity index (χ1v) is 6.89. The highest BCUT2D eigenvalue weighted by Gasteiger charge is 1.93. The van der Waals surface area contributed by atoms with E-state index in [1.54, 1.807) is 19.1 Å². The molecular weight excluding hydrogens is 277 g/mol. The van der Waals surface area contributed by atoms with Gasteiger partial charge < -0.3 is 9.88 Å². The lowest BCUT2D eigenvalue weighted by Gasteiger charge is -2.11. The topological polar surface area (TPSA) is 31.9 Å². The number of anilines is 1. The molecule has 22 heavy (non-hydrogen) atoms. The van der Waals surface area contributed by atoms with Gasteiger partial charge in [0.25, 0.3) is 0 Å². The third-order valence-electron chi connectivity index (χ3n) is 2.94. The van der Waals surface area contributed by atoms with E-state index in [0.29, 0.717) is 11.5 Å². The van der Waals surface area contributed by atoms with Crippen LogP contribution >= 0.6 is 0 Å². The van der Waals surface area contributed by atoms with Gasteiger partial charge >= 0.3 is 0 Å². The number of aromatic amines is 1. The molecule has 1 heterocycles. The lowest BCUT2D eigenvalue weighted by Crippen LogP contribution is -2.07. The van der Waals surface area contributed by atoms with Crippen LogP contribution in [0.1, 0.15) is 17.1 Å². The van der Waals surface area contributed by atoms with Crippen LogP contribution in [-0.2, 0) is 0 Å². The highest BCUT2D eigenvalue weighted by Crippen LogP contribution is 2.11. The van der Waals surface area contributed by atoms with Crippen LogP contribution in [0.25, 0.3) is 0 Å². The average Bonchev–Trinajstić information content (AvgIpc) is 2.57. The molecule has 4 heteroatoms. The number of hydrogen-bond acceptors (Lipinski definition) is 2. The Kier molecular flexibility index (Phi) is 5.16. The first-order valence-electron chi connectivity index (χ1n) is 6.89. The van der Waals surface area contributed by atoms with E-state index in [-0.39, 0.29) is 0 Å². The van der Waals surface area contributed by atoms with Crippen LogP contribution in [-0.4, -0.2) is 24.1 Å². The van der Waals surface area contributed by atoms with Gasteiger partial charge in [-0.3, -0.25) is 0 Å². The molecular formula is C18H18FN3. The van der Waals surface area contributed by atoms with Crippen molar-refractivity contribution in [3.63, 3.8) is 0 Å². The van der Waals surface area contributed by atoms with E-state index in [2.05, 4.69) is 21.8 Å². The van der Waals surface area contributed by atoms with Crippen molar-refractivity contribution in [3.05, 3.63) is 71.6 Å². The lowest BCUT2D eigenvalue weighted by atomic mass is 10.2. The first-order chi connectivity index (χ1) is 10.5. The predicted molar refractivity (Wildman–Crippen MR) is 87.7 cm³/mol. The van der Waals surface area contributed by atoms with Crippen molar-refractivity contribution in [2.75, 3.05) is 19.0 Å². The highest BCUT2D eigenvalue weighted by molar-refractivity contribution is 5.50. The third-order valence-corrected chi connectivity index (χ3v) is 2.94. The second-order valence-electron chi connectivity index (χ2n) is 4.98. The molecule has 0 bridgehead atoms. The van der Waals surface area contributed by atoms with Crippen LogP contribution in [0, 0.1) is 24.6 Å². The summed E-state index contributed by atoms with van der Waals surface area (Å²) in [7, 11) is 3.99. The van der Waals surface area contributed by atoms with Gasteiger partial charge in [0, 0.05) is 25.3 Å². The van der Waals surface area contributed by atoms with Crippen molar-refractivity contribution < 1.29 is 4.39 Å². The van der Waals surface area contributed by atoms with E-state index < -0.39 is 5.82 Å². The molecule has 0 aliphatic carbocycles. The van der Waals surface area contributed by atoms with Crippen molar-refractivity contribution >= 4 is 5.69 Å². The van der Waals surface area contributed by atoms with Crippen LogP contribution in [0.5, 0.6) is 0 Å². The fourth-order valence-electron chi connectivity index (χ4n) is 1.76. The molecule has 1 aromatic carbocycles. The second-order valence-corrected chi connectivity index (χ2v) is 4.98. The van der Waals surface area contributed by atoms with Gasteiger partial charge in [0.2, 0.25) is 0 Å². The Labute approximate surface area is 130 Å². The van der Waals surface area contributed by atoms with Gasteiger partial charge in [0.15, 0.2) is 0 Å². The predicted octanol–water partition coefficient (Wildman–Crippen LogP) is 3.45. The number of H-pyrrole nitrogens is 1.